The van der Waals surface area contributed by atoms with Gasteiger partial charge in [0.15, 0.2) is 0 Å². The van der Waals surface area contributed by atoms with Crippen LogP contribution in [0, 0.1) is 5.92 Å². The Bertz CT molecular complexity index is 559. The number of aromatic nitrogens is 1. The van der Waals surface area contributed by atoms with E-state index in [0.717, 1.165) is 24.5 Å². The summed E-state index contributed by atoms with van der Waals surface area (Å²) in [6, 6.07) is 2.12. The molecule has 120 valence electrons. The van der Waals surface area contributed by atoms with Crippen molar-refractivity contribution in [2.24, 2.45) is 13.0 Å². The fourth-order valence-electron chi connectivity index (χ4n) is 2.30. The molecule has 0 atom stereocenters. The first kappa shape index (κ1) is 16.5. The van der Waals surface area contributed by atoms with E-state index in [-0.39, 0.29) is 0 Å². The summed E-state index contributed by atoms with van der Waals surface area (Å²) in [6.07, 6.45) is 6.38. The molecule has 0 saturated heterocycles. The highest BCUT2D eigenvalue weighted by Gasteiger charge is 2.21. The first-order chi connectivity index (χ1) is 9.88. The number of aryl methyl sites for hydroxylation is 1. The lowest BCUT2D eigenvalue weighted by Gasteiger charge is -2.08. The first-order valence-corrected chi connectivity index (χ1v) is 9.25. The Morgan fingerprint density at radius 3 is 2.71 bits per heavy atom. The van der Waals surface area contributed by atoms with Crippen LogP contribution in [0.3, 0.4) is 0 Å². The average Bonchev–Trinajstić information content (AvgIpc) is 3.14. The van der Waals surface area contributed by atoms with Gasteiger partial charge in [-0.15, -0.1) is 0 Å². The minimum atomic E-state index is -3.38. The third-order valence-electron chi connectivity index (χ3n) is 3.86. The monoisotopic (exact) mass is 313 g/mol. The number of sulfonamides is 1. The fraction of sp³-hybridized carbons (Fsp3) is 0.733. The maximum atomic E-state index is 12.3. The van der Waals surface area contributed by atoms with Crippen molar-refractivity contribution in [3.63, 3.8) is 0 Å². The summed E-state index contributed by atoms with van der Waals surface area (Å²) in [5.41, 5.74) is 0.974. The highest BCUT2D eigenvalue weighted by Crippen LogP contribution is 2.33. The molecule has 0 spiro atoms. The van der Waals surface area contributed by atoms with Crippen molar-refractivity contribution in [2.45, 2.75) is 57.0 Å². The van der Waals surface area contributed by atoms with Gasteiger partial charge >= 0.3 is 0 Å². The normalized spacial score (nSPS) is 15.8. The minimum Gasteiger partial charge on any atom is -0.352 e. The van der Waals surface area contributed by atoms with Gasteiger partial charge in [-0.2, -0.15) is 0 Å². The van der Waals surface area contributed by atoms with Crippen LogP contribution in [0.15, 0.2) is 17.2 Å². The summed E-state index contributed by atoms with van der Waals surface area (Å²) < 4.78 is 29.1. The molecule has 0 unspecified atom stereocenters. The van der Waals surface area contributed by atoms with Crippen LogP contribution in [0.25, 0.3) is 0 Å². The molecule has 1 aliphatic rings. The zero-order valence-corrected chi connectivity index (χ0v) is 14.0. The number of hydrogen-bond donors (Lipinski definition) is 2. The molecule has 0 bridgehead atoms. The van der Waals surface area contributed by atoms with E-state index in [9.17, 15) is 8.42 Å². The van der Waals surface area contributed by atoms with Gasteiger partial charge in [0.05, 0.1) is 4.90 Å². The average molecular weight is 313 g/mol. The molecule has 0 amide bonds. The lowest BCUT2D eigenvalue weighted by molar-refractivity contribution is 0.571. The smallest absolute Gasteiger partial charge is 0.242 e. The van der Waals surface area contributed by atoms with Crippen molar-refractivity contribution in [3.05, 3.63) is 18.0 Å². The maximum absolute atomic E-state index is 12.3. The molecule has 5 nitrogen and oxygen atoms in total. The Morgan fingerprint density at radius 2 is 2.10 bits per heavy atom. The van der Waals surface area contributed by atoms with Crippen molar-refractivity contribution in [2.75, 3.05) is 6.54 Å². The van der Waals surface area contributed by atoms with Gasteiger partial charge in [-0.25, -0.2) is 13.1 Å². The van der Waals surface area contributed by atoms with Crippen LogP contribution in [-0.2, 0) is 23.6 Å². The zero-order chi connectivity index (χ0) is 15.5. The quantitative estimate of drug-likeness (QED) is 0.685. The third kappa shape index (κ3) is 5.13. The van der Waals surface area contributed by atoms with Crippen molar-refractivity contribution in [1.29, 1.82) is 0 Å². The highest BCUT2D eigenvalue weighted by atomic mass is 32.2. The third-order valence-corrected chi connectivity index (χ3v) is 5.29. The van der Waals surface area contributed by atoms with Crippen molar-refractivity contribution >= 4 is 10.0 Å². The molecule has 0 aromatic carbocycles. The Labute approximate surface area is 128 Å². The molecule has 0 radical (unpaired) electrons. The molecule has 21 heavy (non-hydrogen) atoms. The topological polar surface area (TPSA) is 63.1 Å². The summed E-state index contributed by atoms with van der Waals surface area (Å²) in [5.74, 6) is 0.847. The zero-order valence-electron chi connectivity index (χ0n) is 13.2. The Morgan fingerprint density at radius 1 is 1.38 bits per heavy atom. The number of hydrogen-bond acceptors (Lipinski definition) is 3. The van der Waals surface area contributed by atoms with E-state index >= 15 is 0 Å². The van der Waals surface area contributed by atoms with Crippen molar-refractivity contribution in [1.82, 2.24) is 14.6 Å². The highest BCUT2D eigenvalue weighted by molar-refractivity contribution is 7.89. The van der Waals surface area contributed by atoms with E-state index in [2.05, 4.69) is 23.9 Å². The second-order valence-electron chi connectivity index (χ2n) is 6.30. The lowest BCUT2D eigenvalue weighted by Crippen LogP contribution is -2.24. The van der Waals surface area contributed by atoms with Gasteiger partial charge in [0.25, 0.3) is 0 Å². The lowest BCUT2D eigenvalue weighted by atomic mass is 10.2. The molecule has 1 fully saturated rings. The number of nitrogens with zero attached hydrogens (tertiary/aromatic N) is 1. The summed E-state index contributed by atoms with van der Waals surface area (Å²) in [4.78, 5) is 0.358. The Hall–Kier alpha value is -0.850. The molecular weight excluding hydrogens is 286 g/mol. The molecule has 6 heteroatoms. The van der Waals surface area contributed by atoms with Crippen LogP contribution in [0.4, 0.5) is 0 Å². The standard InChI is InChI=1S/C15H27N3O2S/c1-12(2)16-10-14-9-15(11-18(14)3)21(19,20)17-8-4-5-13-6-7-13/h9,11-13,16-17H,4-8,10H2,1-3H3. The van der Waals surface area contributed by atoms with Gasteiger partial charge in [-0.3, -0.25) is 0 Å². The van der Waals surface area contributed by atoms with Crippen LogP contribution in [0.1, 0.15) is 45.2 Å². The summed E-state index contributed by atoms with van der Waals surface area (Å²) in [6.45, 7) is 5.35. The second-order valence-corrected chi connectivity index (χ2v) is 8.06. The Balaban J connectivity index is 1.90. The molecule has 2 N–H and O–H groups in total. The van der Waals surface area contributed by atoms with E-state index < -0.39 is 10.0 Å². The summed E-state index contributed by atoms with van der Waals surface area (Å²) in [7, 11) is -1.50. The molecule has 1 saturated carbocycles. The predicted molar refractivity (Wildman–Crippen MR) is 84.5 cm³/mol. The minimum absolute atomic E-state index is 0.358. The maximum Gasteiger partial charge on any atom is 0.242 e. The number of nitrogens with one attached hydrogen (secondary N) is 2. The van der Waals surface area contributed by atoms with Gasteiger partial charge in [0.1, 0.15) is 0 Å². The number of rotatable bonds is 9. The second kappa shape index (κ2) is 6.94. The molecule has 0 aliphatic heterocycles. The van der Waals surface area contributed by atoms with Crippen LogP contribution in [0.5, 0.6) is 0 Å². The largest absolute Gasteiger partial charge is 0.352 e. The molecular formula is C15H27N3O2S. The molecule has 1 heterocycles. The van der Waals surface area contributed by atoms with E-state index in [1.54, 1.807) is 12.3 Å². The van der Waals surface area contributed by atoms with E-state index in [4.69, 9.17) is 0 Å². The van der Waals surface area contributed by atoms with Gasteiger partial charge in [0, 0.05) is 38.1 Å². The predicted octanol–water partition coefficient (Wildman–Crippen LogP) is 1.99. The summed E-state index contributed by atoms with van der Waals surface area (Å²) >= 11 is 0. The SMILES string of the molecule is CC(C)NCc1cc(S(=O)(=O)NCCCC2CC2)cn1C. The first-order valence-electron chi connectivity index (χ1n) is 7.77. The van der Waals surface area contributed by atoms with E-state index in [1.165, 1.54) is 12.8 Å². The molecule has 1 aromatic heterocycles. The molecule has 1 aliphatic carbocycles. The Kier molecular flexibility index (Phi) is 5.46. The summed E-state index contributed by atoms with van der Waals surface area (Å²) in [5, 5.41) is 3.30. The molecule has 1 aromatic rings. The van der Waals surface area contributed by atoms with Crippen molar-refractivity contribution < 1.29 is 8.42 Å². The van der Waals surface area contributed by atoms with Gasteiger partial charge in [0.2, 0.25) is 10.0 Å². The van der Waals surface area contributed by atoms with Gasteiger partial charge in [-0.05, 0) is 24.8 Å². The van der Waals surface area contributed by atoms with Crippen LogP contribution >= 0.6 is 0 Å². The van der Waals surface area contributed by atoms with Gasteiger partial charge in [-0.1, -0.05) is 26.7 Å². The van der Waals surface area contributed by atoms with Crippen LogP contribution < -0.4 is 10.0 Å². The van der Waals surface area contributed by atoms with Crippen LogP contribution in [-0.4, -0.2) is 25.6 Å². The van der Waals surface area contributed by atoms with Crippen LogP contribution in [0.2, 0.25) is 0 Å². The van der Waals surface area contributed by atoms with E-state index in [1.807, 2.05) is 11.6 Å². The molecule has 2 rings (SSSR count). The fourth-order valence-corrected chi connectivity index (χ4v) is 3.46. The van der Waals surface area contributed by atoms with Crippen molar-refractivity contribution in [3.8, 4) is 0 Å². The van der Waals surface area contributed by atoms with E-state index in [0.29, 0.717) is 24.0 Å². The van der Waals surface area contributed by atoms with Gasteiger partial charge < -0.3 is 9.88 Å².